The standard InChI is InChI=1S/C25H23ClN2O4S/c1-4-32-17-11-12-19(26)18(14-17)23(29)21-22(20-6-5-13-33-20)28(25(31)24(21)30)16-9-7-15(8-10-16)27(2)3/h5-14,22,29H,4H2,1-3H3/b23-21-. The maximum absolute atomic E-state index is 13.2. The van der Waals surface area contributed by atoms with E-state index in [-0.39, 0.29) is 21.9 Å². The molecule has 1 fully saturated rings. The van der Waals surface area contributed by atoms with Gasteiger partial charge in [-0.25, -0.2) is 0 Å². The van der Waals surface area contributed by atoms with E-state index in [0.29, 0.717) is 18.0 Å². The Labute approximate surface area is 201 Å². The summed E-state index contributed by atoms with van der Waals surface area (Å²) in [6.45, 7) is 2.28. The molecule has 170 valence electrons. The first kappa shape index (κ1) is 22.9. The van der Waals surface area contributed by atoms with Crippen LogP contribution in [0, 0.1) is 0 Å². The van der Waals surface area contributed by atoms with Gasteiger partial charge < -0.3 is 14.7 Å². The van der Waals surface area contributed by atoms with Crippen molar-refractivity contribution < 1.29 is 19.4 Å². The van der Waals surface area contributed by atoms with Crippen LogP contribution in [0.5, 0.6) is 5.75 Å². The molecule has 33 heavy (non-hydrogen) atoms. The zero-order chi connectivity index (χ0) is 23.7. The normalized spacial score (nSPS) is 17.5. The molecule has 0 spiro atoms. The van der Waals surface area contributed by atoms with Crippen LogP contribution in [0.1, 0.15) is 23.4 Å². The van der Waals surface area contributed by atoms with Crippen molar-refractivity contribution in [1.29, 1.82) is 0 Å². The van der Waals surface area contributed by atoms with E-state index < -0.39 is 17.7 Å². The summed E-state index contributed by atoms with van der Waals surface area (Å²) in [5.41, 5.74) is 1.76. The number of ether oxygens (including phenoxy) is 1. The number of anilines is 2. The van der Waals surface area contributed by atoms with Crippen LogP contribution in [0.3, 0.4) is 0 Å². The molecule has 4 rings (SSSR count). The van der Waals surface area contributed by atoms with Crippen molar-refractivity contribution in [1.82, 2.24) is 0 Å². The SMILES string of the molecule is CCOc1ccc(Cl)c(/C(O)=C2/C(=O)C(=O)N(c3ccc(N(C)C)cc3)C2c2cccs2)c1. The predicted octanol–water partition coefficient (Wildman–Crippen LogP) is 5.49. The van der Waals surface area contributed by atoms with E-state index in [0.717, 1.165) is 10.6 Å². The first-order valence-corrected chi connectivity index (χ1v) is 11.6. The van der Waals surface area contributed by atoms with E-state index in [9.17, 15) is 14.7 Å². The van der Waals surface area contributed by atoms with Gasteiger partial charge in [0, 0.05) is 35.9 Å². The van der Waals surface area contributed by atoms with Crippen LogP contribution in [-0.2, 0) is 9.59 Å². The van der Waals surface area contributed by atoms with E-state index in [1.165, 1.54) is 16.2 Å². The fraction of sp³-hybridized carbons (Fsp3) is 0.200. The van der Waals surface area contributed by atoms with Crippen molar-refractivity contribution in [2.24, 2.45) is 0 Å². The van der Waals surface area contributed by atoms with Gasteiger partial charge in [-0.15, -0.1) is 11.3 Å². The molecule has 1 amide bonds. The number of hydrogen-bond acceptors (Lipinski definition) is 6. The van der Waals surface area contributed by atoms with Crippen molar-refractivity contribution in [3.05, 3.63) is 81.0 Å². The maximum atomic E-state index is 13.2. The lowest BCUT2D eigenvalue weighted by atomic mass is 9.99. The van der Waals surface area contributed by atoms with E-state index in [2.05, 4.69) is 0 Å². The Morgan fingerprint density at radius 3 is 2.48 bits per heavy atom. The zero-order valence-corrected chi connectivity index (χ0v) is 20.0. The number of carbonyl (C=O) groups is 2. The minimum absolute atomic E-state index is 0.00492. The average molecular weight is 483 g/mol. The monoisotopic (exact) mass is 482 g/mol. The molecule has 1 aromatic heterocycles. The molecule has 8 heteroatoms. The lowest BCUT2D eigenvalue weighted by Crippen LogP contribution is -2.29. The van der Waals surface area contributed by atoms with Gasteiger partial charge in [0.15, 0.2) is 0 Å². The Kier molecular flexibility index (Phi) is 6.44. The summed E-state index contributed by atoms with van der Waals surface area (Å²) in [5, 5.41) is 13.4. The van der Waals surface area contributed by atoms with Crippen molar-refractivity contribution in [2.45, 2.75) is 13.0 Å². The van der Waals surface area contributed by atoms with Gasteiger partial charge in [-0.1, -0.05) is 17.7 Å². The molecule has 2 heterocycles. The molecular formula is C25H23ClN2O4S. The minimum Gasteiger partial charge on any atom is -0.507 e. The zero-order valence-electron chi connectivity index (χ0n) is 18.4. The smallest absolute Gasteiger partial charge is 0.300 e. The molecular weight excluding hydrogens is 460 g/mol. The van der Waals surface area contributed by atoms with Gasteiger partial charge in [-0.3, -0.25) is 14.5 Å². The second kappa shape index (κ2) is 9.29. The number of hydrogen-bond donors (Lipinski definition) is 1. The van der Waals surface area contributed by atoms with Gasteiger partial charge in [0.25, 0.3) is 11.7 Å². The molecule has 1 saturated heterocycles. The van der Waals surface area contributed by atoms with Crippen LogP contribution in [0.25, 0.3) is 5.76 Å². The molecule has 3 aromatic rings. The van der Waals surface area contributed by atoms with Crippen LogP contribution in [0.4, 0.5) is 11.4 Å². The number of Topliss-reactive ketones (excluding diaryl/α,β-unsaturated/α-hetero) is 1. The molecule has 1 N–H and O–H groups in total. The number of carbonyl (C=O) groups excluding carboxylic acids is 2. The van der Waals surface area contributed by atoms with Crippen LogP contribution >= 0.6 is 22.9 Å². The summed E-state index contributed by atoms with van der Waals surface area (Å²) < 4.78 is 5.53. The second-order valence-corrected chi connectivity index (χ2v) is 9.06. The summed E-state index contributed by atoms with van der Waals surface area (Å²) in [6.07, 6.45) is 0. The second-order valence-electron chi connectivity index (χ2n) is 7.67. The van der Waals surface area contributed by atoms with E-state index in [1.807, 2.05) is 55.6 Å². The van der Waals surface area contributed by atoms with E-state index in [4.69, 9.17) is 16.3 Å². The first-order valence-electron chi connectivity index (χ1n) is 10.4. The third kappa shape index (κ3) is 4.21. The Morgan fingerprint density at radius 1 is 1.15 bits per heavy atom. The van der Waals surface area contributed by atoms with Gasteiger partial charge in [0.1, 0.15) is 17.6 Å². The molecule has 1 atom stereocenters. The Balaban J connectivity index is 1.88. The van der Waals surface area contributed by atoms with E-state index >= 15 is 0 Å². The molecule has 1 aliphatic rings. The lowest BCUT2D eigenvalue weighted by molar-refractivity contribution is -0.132. The highest BCUT2D eigenvalue weighted by molar-refractivity contribution is 7.10. The van der Waals surface area contributed by atoms with Gasteiger partial charge in [-0.2, -0.15) is 0 Å². The molecule has 1 aliphatic heterocycles. The summed E-state index contributed by atoms with van der Waals surface area (Å²) in [4.78, 5) is 30.5. The lowest BCUT2D eigenvalue weighted by Gasteiger charge is -2.25. The highest BCUT2D eigenvalue weighted by atomic mass is 35.5. The number of rotatable bonds is 6. The predicted molar refractivity (Wildman–Crippen MR) is 132 cm³/mol. The van der Waals surface area contributed by atoms with Gasteiger partial charge >= 0.3 is 0 Å². The Bertz CT molecular complexity index is 1220. The quantitative estimate of drug-likeness (QED) is 0.285. The van der Waals surface area contributed by atoms with Crippen molar-refractivity contribution in [2.75, 3.05) is 30.5 Å². The molecule has 1 unspecified atom stereocenters. The number of aliphatic hydroxyl groups excluding tert-OH is 1. The highest BCUT2D eigenvalue weighted by Crippen LogP contribution is 2.44. The largest absolute Gasteiger partial charge is 0.507 e. The van der Waals surface area contributed by atoms with Crippen molar-refractivity contribution in [3.63, 3.8) is 0 Å². The minimum atomic E-state index is -0.776. The number of halogens is 1. The topological polar surface area (TPSA) is 70.1 Å². The van der Waals surface area contributed by atoms with Crippen LogP contribution < -0.4 is 14.5 Å². The number of nitrogens with zero attached hydrogens (tertiary/aromatic N) is 2. The number of aliphatic hydroxyl groups is 1. The summed E-state index contributed by atoms with van der Waals surface area (Å²) in [5.74, 6) is -1.29. The van der Waals surface area contributed by atoms with Crippen LogP contribution in [0.2, 0.25) is 5.02 Å². The van der Waals surface area contributed by atoms with Crippen molar-refractivity contribution >= 4 is 51.8 Å². The molecule has 0 saturated carbocycles. The fourth-order valence-corrected chi connectivity index (χ4v) is 4.84. The number of thiophene rings is 1. The molecule has 0 bridgehead atoms. The molecule has 0 aliphatic carbocycles. The summed E-state index contributed by atoms with van der Waals surface area (Å²) in [7, 11) is 3.85. The fourth-order valence-electron chi connectivity index (χ4n) is 3.81. The number of benzene rings is 2. The van der Waals surface area contributed by atoms with Gasteiger partial charge in [0.05, 0.1) is 17.2 Å². The van der Waals surface area contributed by atoms with E-state index in [1.54, 1.807) is 30.3 Å². The number of amides is 1. The average Bonchev–Trinajstić information content (AvgIpc) is 3.42. The third-order valence-corrected chi connectivity index (χ3v) is 6.66. The summed E-state index contributed by atoms with van der Waals surface area (Å²) in [6, 6.07) is 15.1. The Morgan fingerprint density at radius 2 is 1.88 bits per heavy atom. The van der Waals surface area contributed by atoms with Crippen LogP contribution in [0.15, 0.2) is 65.6 Å². The number of ketones is 1. The van der Waals surface area contributed by atoms with Crippen molar-refractivity contribution in [3.8, 4) is 5.75 Å². The maximum Gasteiger partial charge on any atom is 0.300 e. The molecule has 0 radical (unpaired) electrons. The van der Waals surface area contributed by atoms with Gasteiger partial charge in [-0.05, 0) is 60.8 Å². The van der Waals surface area contributed by atoms with Gasteiger partial charge in [0.2, 0.25) is 0 Å². The third-order valence-electron chi connectivity index (χ3n) is 5.41. The molecule has 6 nitrogen and oxygen atoms in total. The summed E-state index contributed by atoms with van der Waals surface area (Å²) >= 11 is 7.77. The first-order chi connectivity index (χ1) is 15.8. The highest BCUT2D eigenvalue weighted by Gasteiger charge is 2.47. The van der Waals surface area contributed by atoms with Crippen LogP contribution in [-0.4, -0.2) is 37.5 Å². The Hall–Kier alpha value is -3.29. The molecule has 2 aromatic carbocycles.